The van der Waals surface area contributed by atoms with Crippen LogP contribution in [0.5, 0.6) is 5.88 Å². The number of hydrogen-bond acceptors (Lipinski definition) is 8. The van der Waals surface area contributed by atoms with Gasteiger partial charge in [-0.05, 0) is 43.0 Å². The van der Waals surface area contributed by atoms with Crippen LogP contribution >= 0.6 is 0 Å². The zero-order valence-corrected chi connectivity index (χ0v) is 21.9. The van der Waals surface area contributed by atoms with Crippen LogP contribution in [0.15, 0.2) is 36.7 Å². The third-order valence-electron chi connectivity index (χ3n) is 7.22. The van der Waals surface area contributed by atoms with Crippen molar-refractivity contribution in [1.82, 2.24) is 15.0 Å². The number of amides is 1. The standard InChI is InChI=1S/C28H32N6O4/c1-4-17(2)27(37)34-11-12-38-26-25(34)18(3)23(15-29-26)33-10-9-20-14-30-28(32-22(20)16-33)31-21-7-5-19(6-8-21)13-24(35)36/h5-8,14-15,17H,4,9-13,16H2,1-3H3,(H,35,36)(H,30,31,32). The van der Waals surface area contributed by atoms with E-state index in [9.17, 15) is 9.59 Å². The number of carboxylic acid groups (broad SMARTS) is 1. The molecule has 0 saturated carbocycles. The second kappa shape index (κ2) is 10.6. The maximum absolute atomic E-state index is 13.1. The molecule has 2 aliphatic rings. The Morgan fingerprint density at radius 1 is 1.16 bits per heavy atom. The number of hydrogen-bond donors (Lipinski definition) is 2. The van der Waals surface area contributed by atoms with Gasteiger partial charge >= 0.3 is 5.97 Å². The van der Waals surface area contributed by atoms with Gasteiger partial charge < -0.3 is 25.0 Å². The average Bonchev–Trinajstić information content (AvgIpc) is 2.92. The number of ether oxygens (including phenoxy) is 1. The van der Waals surface area contributed by atoms with Crippen molar-refractivity contribution < 1.29 is 19.4 Å². The van der Waals surface area contributed by atoms with Gasteiger partial charge in [0.2, 0.25) is 17.7 Å². The smallest absolute Gasteiger partial charge is 0.307 e. The van der Waals surface area contributed by atoms with Crippen LogP contribution in [0.3, 0.4) is 0 Å². The molecule has 198 valence electrons. The molecule has 4 heterocycles. The monoisotopic (exact) mass is 516 g/mol. The van der Waals surface area contributed by atoms with Gasteiger partial charge in [-0.2, -0.15) is 0 Å². The van der Waals surface area contributed by atoms with Gasteiger partial charge in [-0.3, -0.25) is 9.59 Å². The molecule has 0 fully saturated rings. The highest BCUT2D eigenvalue weighted by molar-refractivity contribution is 5.98. The predicted molar refractivity (Wildman–Crippen MR) is 144 cm³/mol. The van der Waals surface area contributed by atoms with Crippen LogP contribution in [0, 0.1) is 12.8 Å². The normalized spacial score (nSPS) is 15.2. The van der Waals surface area contributed by atoms with Crippen molar-refractivity contribution >= 4 is 34.9 Å². The lowest BCUT2D eigenvalue weighted by molar-refractivity contribution is -0.136. The van der Waals surface area contributed by atoms with Gasteiger partial charge in [-0.1, -0.05) is 26.0 Å². The molecule has 2 N–H and O–H groups in total. The summed E-state index contributed by atoms with van der Waals surface area (Å²) in [6.45, 7) is 8.34. The molecular formula is C28H32N6O4. The topological polar surface area (TPSA) is 121 Å². The number of rotatable bonds is 7. The molecule has 3 aromatic rings. The molecule has 0 bridgehead atoms. The van der Waals surface area contributed by atoms with Crippen molar-refractivity contribution in [3.63, 3.8) is 0 Å². The van der Waals surface area contributed by atoms with E-state index in [1.54, 1.807) is 12.1 Å². The first-order chi connectivity index (χ1) is 18.3. The molecule has 0 saturated heterocycles. The highest BCUT2D eigenvalue weighted by Crippen LogP contribution is 2.40. The number of carbonyl (C=O) groups excluding carboxylic acids is 1. The molecule has 5 rings (SSSR count). The van der Waals surface area contributed by atoms with E-state index in [0.29, 0.717) is 31.5 Å². The lowest BCUT2D eigenvalue weighted by atomic mass is 10.0. The Hall–Kier alpha value is -4.21. The van der Waals surface area contributed by atoms with Gasteiger partial charge in [0, 0.05) is 29.9 Å². The number of nitrogens with one attached hydrogen (secondary N) is 1. The molecule has 0 aliphatic carbocycles. The summed E-state index contributed by atoms with van der Waals surface area (Å²) in [7, 11) is 0. The number of aliphatic carboxylic acids is 1. The van der Waals surface area contributed by atoms with E-state index in [2.05, 4.69) is 20.2 Å². The van der Waals surface area contributed by atoms with Crippen molar-refractivity contribution in [2.45, 2.75) is 46.6 Å². The first-order valence-electron chi connectivity index (χ1n) is 12.9. The van der Waals surface area contributed by atoms with Crippen molar-refractivity contribution in [2.24, 2.45) is 5.92 Å². The number of nitrogens with zero attached hydrogens (tertiary/aromatic N) is 5. The Balaban J connectivity index is 1.37. The summed E-state index contributed by atoms with van der Waals surface area (Å²) < 4.78 is 5.81. The Bertz CT molecular complexity index is 1360. The van der Waals surface area contributed by atoms with E-state index in [-0.39, 0.29) is 18.2 Å². The minimum atomic E-state index is -0.861. The van der Waals surface area contributed by atoms with Crippen molar-refractivity contribution in [1.29, 1.82) is 0 Å². The molecule has 1 amide bonds. The molecule has 1 aromatic carbocycles. The van der Waals surface area contributed by atoms with E-state index in [1.165, 1.54) is 0 Å². The maximum atomic E-state index is 13.1. The number of aromatic nitrogens is 3. The molecular weight excluding hydrogens is 484 g/mol. The fourth-order valence-electron chi connectivity index (χ4n) is 4.89. The first-order valence-corrected chi connectivity index (χ1v) is 12.9. The fourth-order valence-corrected chi connectivity index (χ4v) is 4.89. The fraction of sp³-hybridized carbons (Fsp3) is 0.393. The summed E-state index contributed by atoms with van der Waals surface area (Å²) in [5, 5.41) is 12.2. The summed E-state index contributed by atoms with van der Waals surface area (Å²) in [6, 6.07) is 7.21. The third-order valence-corrected chi connectivity index (χ3v) is 7.22. The Morgan fingerprint density at radius 2 is 1.95 bits per heavy atom. The van der Waals surface area contributed by atoms with Gasteiger partial charge in [0.05, 0.1) is 37.1 Å². The summed E-state index contributed by atoms with van der Waals surface area (Å²) in [4.78, 5) is 42.0. The zero-order chi connectivity index (χ0) is 26.8. The van der Waals surface area contributed by atoms with Gasteiger partial charge in [-0.15, -0.1) is 0 Å². The molecule has 0 radical (unpaired) electrons. The first kappa shape index (κ1) is 25.4. The molecule has 1 atom stereocenters. The van der Waals surface area contributed by atoms with E-state index in [4.69, 9.17) is 14.8 Å². The number of anilines is 4. The lowest BCUT2D eigenvalue weighted by Gasteiger charge is -2.35. The van der Waals surface area contributed by atoms with E-state index in [1.807, 2.05) is 50.2 Å². The van der Waals surface area contributed by atoms with E-state index < -0.39 is 5.97 Å². The van der Waals surface area contributed by atoms with Crippen molar-refractivity contribution in [2.75, 3.05) is 34.8 Å². The van der Waals surface area contributed by atoms with Crippen LogP contribution < -0.4 is 19.9 Å². The van der Waals surface area contributed by atoms with Gasteiger partial charge in [0.25, 0.3) is 0 Å². The van der Waals surface area contributed by atoms with E-state index >= 15 is 0 Å². The second-order valence-corrected chi connectivity index (χ2v) is 9.80. The highest BCUT2D eigenvalue weighted by Gasteiger charge is 2.31. The van der Waals surface area contributed by atoms with Crippen molar-refractivity contribution in [3.05, 3.63) is 59.0 Å². The largest absolute Gasteiger partial charge is 0.481 e. The Labute approximate surface area is 221 Å². The molecule has 2 aromatic heterocycles. The van der Waals surface area contributed by atoms with Crippen LogP contribution in [-0.2, 0) is 29.0 Å². The number of pyridine rings is 1. The number of carbonyl (C=O) groups is 2. The lowest BCUT2D eigenvalue weighted by Crippen LogP contribution is -2.42. The van der Waals surface area contributed by atoms with Gasteiger partial charge in [-0.25, -0.2) is 15.0 Å². The summed E-state index contributed by atoms with van der Waals surface area (Å²) in [6.07, 6.45) is 5.25. The molecule has 10 heteroatoms. The SMILES string of the molecule is CCC(C)C(=O)N1CCOc2ncc(N3CCc4cnc(Nc5ccc(CC(=O)O)cc5)nc4C3)c(C)c21. The molecule has 38 heavy (non-hydrogen) atoms. The van der Waals surface area contributed by atoms with Gasteiger partial charge in [0.1, 0.15) is 12.3 Å². The maximum Gasteiger partial charge on any atom is 0.307 e. The number of benzene rings is 1. The van der Waals surface area contributed by atoms with Crippen LogP contribution in [-0.4, -0.2) is 51.6 Å². The summed E-state index contributed by atoms with van der Waals surface area (Å²) in [5.41, 5.74) is 6.25. The molecule has 10 nitrogen and oxygen atoms in total. The third kappa shape index (κ3) is 5.11. The minimum absolute atomic E-state index is 0.0158. The summed E-state index contributed by atoms with van der Waals surface area (Å²) >= 11 is 0. The highest BCUT2D eigenvalue weighted by atomic mass is 16.5. The summed E-state index contributed by atoms with van der Waals surface area (Å²) in [5.74, 6) is 0.162. The van der Waals surface area contributed by atoms with Gasteiger partial charge in [0.15, 0.2) is 0 Å². The zero-order valence-electron chi connectivity index (χ0n) is 21.9. The van der Waals surface area contributed by atoms with Crippen LogP contribution in [0.25, 0.3) is 0 Å². The Morgan fingerprint density at radius 3 is 2.68 bits per heavy atom. The van der Waals surface area contributed by atoms with Crippen LogP contribution in [0.4, 0.5) is 23.0 Å². The van der Waals surface area contributed by atoms with Crippen LogP contribution in [0.2, 0.25) is 0 Å². The average molecular weight is 517 g/mol. The predicted octanol–water partition coefficient (Wildman–Crippen LogP) is 3.88. The second-order valence-electron chi connectivity index (χ2n) is 9.80. The van der Waals surface area contributed by atoms with Crippen molar-refractivity contribution in [3.8, 4) is 5.88 Å². The Kier molecular flexibility index (Phi) is 7.13. The quantitative estimate of drug-likeness (QED) is 0.482. The molecule has 0 spiro atoms. The van der Waals surface area contributed by atoms with E-state index in [0.717, 1.165) is 58.8 Å². The van der Waals surface area contributed by atoms with Crippen LogP contribution in [0.1, 0.15) is 42.7 Å². The number of fused-ring (bicyclic) bond motifs is 2. The minimum Gasteiger partial charge on any atom is -0.481 e. The number of carboxylic acids is 1. The molecule has 1 unspecified atom stereocenters. The molecule has 2 aliphatic heterocycles.